The van der Waals surface area contributed by atoms with Crippen LogP contribution in [-0.2, 0) is 24.4 Å². The molecule has 4 amide bonds. The highest BCUT2D eigenvalue weighted by atomic mass is 32.2. The Bertz CT molecular complexity index is 1970. The number of hydrogen-bond acceptors (Lipinski definition) is 10. The number of carboxylic acid groups (broad SMARTS) is 1. The van der Waals surface area contributed by atoms with E-state index in [-0.39, 0.29) is 48.1 Å². The van der Waals surface area contributed by atoms with Crippen molar-refractivity contribution < 1.29 is 51.3 Å². The van der Waals surface area contributed by atoms with Gasteiger partial charge in [0.05, 0.1) is 31.0 Å². The fraction of sp³-hybridized carbons (Fsp3) is 0.595. The number of amides is 4. The summed E-state index contributed by atoms with van der Waals surface area (Å²) in [6.07, 6.45) is 4.65. The largest absolute Gasteiger partial charge is 0.494 e. The molecule has 3 heterocycles. The van der Waals surface area contributed by atoms with E-state index in [1.807, 2.05) is 26.0 Å². The fourth-order valence-corrected chi connectivity index (χ4v) is 8.97. The van der Waals surface area contributed by atoms with E-state index in [0.717, 1.165) is 0 Å². The summed E-state index contributed by atoms with van der Waals surface area (Å²) in [4.78, 5) is 60.6. The first-order valence-corrected chi connectivity index (χ1v) is 19.8. The molecule has 7 atom stereocenters. The zero-order valence-corrected chi connectivity index (χ0v) is 31.8. The number of hydrogen-bond donors (Lipinski definition) is 4. The van der Waals surface area contributed by atoms with Crippen LogP contribution in [0.1, 0.15) is 72.1 Å². The van der Waals surface area contributed by atoms with Crippen LogP contribution in [0.5, 0.6) is 17.4 Å². The van der Waals surface area contributed by atoms with E-state index in [9.17, 15) is 37.1 Å². The van der Waals surface area contributed by atoms with Crippen LogP contribution in [0.15, 0.2) is 30.4 Å². The maximum atomic E-state index is 14.9. The SMILES string of the molecule is CC[C@@H]1C[C@H](C)CCC=C[C@@H]2C[C@@]2(C(=O)NS(=O)(=O)C2(C)CC2)NC(=O)[C@@H]2C[C@@H](Oc3cc(OC)nc4cc(OC)c(F)cc34)CN2C(=O)[C@H]1NC(=O)O. The zero-order valence-electron chi connectivity index (χ0n) is 31.0. The molecule has 2 aromatic rings. The third-order valence-electron chi connectivity index (χ3n) is 11.4. The van der Waals surface area contributed by atoms with Gasteiger partial charge in [0.25, 0.3) is 5.91 Å². The fourth-order valence-electron chi connectivity index (χ4n) is 7.66. The van der Waals surface area contributed by atoms with E-state index in [1.165, 1.54) is 37.3 Å². The maximum Gasteiger partial charge on any atom is 0.405 e. The van der Waals surface area contributed by atoms with Gasteiger partial charge in [0.15, 0.2) is 11.6 Å². The lowest BCUT2D eigenvalue weighted by Crippen LogP contribution is -2.59. The van der Waals surface area contributed by atoms with Gasteiger partial charge in [-0.25, -0.2) is 22.6 Å². The van der Waals surface area contributed by atoms with Crippen molar-refractivity contribution in [2.75, 3.05) is 20.8 Å². The van der Waals surface area contributed by atoms with Crippen LogP contribution >= 0.6 is 0 Å². The molecule has 54 heavy (non-hydrogen) atoms. The first kappa shape index (κ1) is 39.0. The lowest BCUT2D eigenvalue weighted by atomic mass is 9.85. The Balaban J connectivity index is 1.38. The van der Waals surface area contributed by atoms with Gasteiger partial charge in [-0.2, -0.15) is 0 Å². The lowest BCUT2D eigenvalue weighted by Gasteiger charge is -2.33. The maximum absolute atomic E-state index is 14.9. The van der Waals surface area contributed by atoms with Gasteiger partial charge in [0.1, 0.15) is 29.5 Å². The van der Waals surface area contributed by atoms with Gasteiger partial charge in [-0.3, -0.25) is 19.1 Å². The summed E-state index contributed by atoms with van der Waals surface area (Å²) in [5, 5.41) is 15.4. The molecule has 0 unspecified atom stereocenters. The minimum atomic E-state index is -4.04. The first-order valence-electron chi connectivity index (χ1n) is 18.3. The number of benzene rings is 1. The van der Waals surface area contributed by atoms with Gasteiger partial charge in [-0.15, -0.1) is 0 Å². The van der Waals surface area contributed by atoms with Gasteiger partial charge >= 0.3 is 6.09 Å². The number of pyridine rings is 1. The molecule has 0 bridgehead atoms. The number of methoxy groups -OCH3 is 2. The van der Waals surface area contributed by atoms with Crippen LogP contribution in [0.4, 0.5) is 9.18 Å². The van der Waals surface area contributed by atoms with Crippen molar-refractivity contribution in [1.82, 2.24) is 25.2 Å². The van der Waals surface area contributed by atoms with Crippen LogP contribution in [-0.4, -0.2) is 96.5 Å². The van der Waals surface area contributed by atoms with E-state index in [2.05, 4.69) is 20.3 Å². The quantitative estimate of drug-likeness (QED) is 0.271. The Labute approximate surface area is 313 Å². The molecule has 4 aliphatic rings. The second kappa shape index (κ2) is 14.9. The highest BCUT2D eigenvalue weighted by molar-refractivity contribution is 7.91. The van der Waals surface area contributed by atoms with Crippen molar-refractivity contribution in [1.29, 1.82) is 0 Å². The number of nitrogens with one attached hydrogen (secondary N) is 3. The molecule has 2 aliphatic carbocycles. The van der Waals surface area contributed by atoms with Crippen molar-refractivity contribution in [3.63, 3.8) is 0 Å². The Morgan fingerprint density at radius 3 is 2.52 bits per heavy atom. The van der Waals surface area contributed by atoms with Gasteiger partial charge in [0, 0.05) is 29.9 Å². The highest BCUT2D eigenvalue weighted by Crippen LogP contribution is 2.48. The van der Waals surface area contributed by atoms with E-state index in [0.29, 0.717) is 44.0 Å². The third-order valence-corrected chi connectivity index (χ3v) is 13.6. The molecular weight excluding hydrogens is 725 g/mol. The Morgan fingerprint density at radius 1 is 1.13 bits per heavy atom. The van der Waals surface area contributed by atoms with Crippen molar-refractivity contribution in [2.24, 2.45) is 17.8 Å². The molecule has 2 saturated carbocycles. The van der Waals surface area contributed by atoms with Crippen molar-refractivity contribution >= 4 is 44.7 Å². The predicted octanol–water partition coefficient (Wildman–Crippen LogP) is 3.65. The van der Waals surface area contributed by atoms with Gasteiger partial charge in [-0.1, -0.05) is 32.4 Å². The molecule has 2 aliphatic heterocycles. The highest BCUT2D eigenvalue weighted by Gasteiger charge is 2.63. The molecule has 1 aromatic heterocycles. The normalized spacial score (nSPS) is 29.5. The van der Waals surface area contributed by atoms with E-state index in [1.54, 1.807) is 6.92 Å². The molecule has 1 aromatic carbocycles. The summed E-state index contributed by atoms with van der Waals surface area (Å²) >= 11 is 0. The molecule has 15 nitrogen and oxygen atoms in total. The summed E-state index contributed by atoms with van der Waals surface area (Å²) < 4.78 is 59.2. The van der Waals surface area contributed by atoms with Crippen LogP contribution in [0.25, 0.3) is 10.9 Å². The van der Waals surface area contributed by atoms with Crippen molar-refractivity contribution in [3.8, 4) is 17.4 Å². The molecule has 294 valence electrons. The minimum Gasteiger partial charge on any atom is -0.494 e. The average molecular weight is 774 g/mol. The molecule has 0 radical (unpaired) electrons. The number of rotatable bonds is 9. The predicted molar refractivity (Wildman–Crippen MR) is 194 cm³/mol. The van der Waals surface area contributed by atoms with Crippen molar-refractivity contribution in [3.05, 3.63) is 36.2 Å². The lowest BCUT2D eigenvalue weighted by molar-refractivity contribution is -0.142. The number of halogens is 1. The molecule has 17 heteroatoms. The van der Waals surface area contributed by atoms with Gasteiger partial charge in [0.2, 0.25) is 27.7 Å². The second-order valence-corrected chi connectivity index (χ2v) is 17.4. The summed E-state index contributed by atoms with van der Waals surface area (Å²) in [6, 6.07) is 1.58. The summed E-state index contributed by atoms with van der Waals surface area (Å²) in [7, 11) is -1.32. The summed E-state index contributed by atoms with van der Waals surface area (Å²) in [5.74, 6) is -3.47. The zero-order chi connectivity index (χ0) is 39.2. The number of nitrogens with zero attached hydrogens (tertiary/aromatic N) is 2. The Kier molecular flexibility index (Phi) is 10.7. The van der Waals surface area contributed by atoms with Gasteiger partial charge < -0.3 is 34.9 Å². The summed E-state index contributed by atoms with van der Waals surface area (Å²) in [6.45, 7) is 5.28. The molecule has 4 N–H and O–H groups in total. The number of allylic oxidation sites excluding steroid dienone is 1. The molecular formula is C37H48FN5O10S. The van der Waals surface area contributed by atoms with Crippen LogP contribution in [0.3, 0.4) is 0 Å². The number of carbonyl (C=O) groups excluding carboxylic acids is 3. The minimum absolute atomic E-state index is 0.0507. The topological polar surface area (TPSA) is 203 Å². The first-order chi connectivity index (χ1) is 25.5. The molecule has 6 rings (SSSR count). The molecule has 3 fully saturated rings. The summed E-state index contributed by atoms with van der Waals surface area (Å²) in [5.41, 5.74) is -1.30. The number of ether oxygens (including phenoxy) is 3. The van der Waals surface area contributed by atoms with E-state index in [4.69, 9.17) is 14.2 Å². The number of carbonyl (C=O) groups is 4. The monoisotopic (exact) mass is 773 g/mol. The van der Waals surface area contributed by atoms with Gasteiger partial charge in [-0.05, 0) is 63.4 Å². The van der Waals surface area contributed by atoms with Crippen LogP contribution < -0.4 is 29.6 Å². The number of aromatic nitrogens is 1. The number of sulfonamides is 1. The van der Waals surface area contributed by atoms with Crippen LogP contribution in [0.2, 0.25) is 0 Å². The third kappa shape index (κ3) is 7.64. The van der Waals surface area contributed by atoms with E-state index >= 15 is 0 Å². The van der Waals surface area contributed by atoms with Crippen LogP contribution in [0, 0.1) is 23.6 Å². The second-order valence-electron chi connectivity index (χ2n) is 15.2. The number of fused-ring (bicyclic) bond motifs is 3. The standard InChI is InChI=1S/C37H48FN5O10S/c1-6-21-13-20(2)9-7-8-10-22-18-37(22,34(46)42-54(49,50)36(3)11-12-36)41-32(44)27-14-23(19-43(27)33(45)31(21)40-35(47)48)53-28-17-30(52-5)39-26-16-29(51-4)25(38)15-24(26)28/h8,10,15-17,20-23,27,31,40H,6-7,9,11-14,18-19H2,1-5H3,(H,41,44)(H,42,46)(H,47,48)/t20-,21-,22-,23-,27+,31+,37-/m1/s1. The average Bonchev–Trinajstić information content (AvgIpc) is 4.00. The molecule has 1 saturated heterocycles. The Morgan fingerprint density at radius 2 is 1.87 bits per heavy atom. The smallest absolute Gasteiger partial charge is 0.405 e. The molecule has 0 spiro atoms. The van der Waals surface area contributed by atoms with E-state index < -0.39 is 80.0 Å². The Hall–Kier alpha value is -4.67. The van der Waals surface area contributed by atoms with Crippen molar-refractivity contribution in [2.45, 2.75) is 101 Å².